The van der Waals surface area contributed by atoms with E-state index in [0.717, 1.165) is 22.3 Å². The minimum absolute atomic E-state index is 0.0411. The van der Waals surface area contributed by atoms with Crippen LogP contribution in [0.15, 0.2) is 60.7 Å². The van der Waals surface area contributed by atoms with Crippen LogP contribution >= 0.6 is 0 Å². The zero-order valence-electron chi connectivity index (χ0n) is 28.1. The van der Waals surface area contributed by atoms with Crippen LogP contribution in [0.5, 0.6) is 23.0 Å². The van der Waals surface area contributed by atoms with E-state index in [1.165, 1.54) is 12.1 Å². The van der Waals surface area contributed by atoms with Crippen molar-refractivity contribution in [3.8, 4) is 23.0 Å². The van der Waals surface area contributed by atoms with E-state index < -0.39 is 46.4 Å². The highest BCUT2D eigenvalue weighted by Gasteiger charge is 2.38. The molecule has 2 heterocycles. The molecule has 6 rings (SSSR count). The number of fused-ring (bicyclic) bond motifs is 4. The Hall–Kier alpha value is -5.03. The van der Waals surface area contributed by atoms with Gasteiger partial charge >= 0.3 is 22.3 Å². The van der Waals surface area contributed by atoms with Crippen molar-refractivity contribution in [3.05, 3.63) is 116 Å². The first-order chi connectivity index (χ1) is 23.1. The molecule has 0 fully saturated rings. The normalized spacial score (nSPS) is 19.4. The maximum atomic E-state index is 13.4. The molecule has 0 aliphatic carbocycles. The number of benzene rings is 4. The summed E-state index contributed by atoms with van der Waals surface area (Å²) in [6.45, 7) is 10.9. The van der Waals surface area contributed by atoms with Gasteiger partial charge in [-0.2, -0.15) is 0 Å². The van der Waals surface area contributed by atoms with E-state index in [1.54, 1.807) is 50.2 Å². The van der Waals surface area contributed by atoms with Crippen LogP contribution in [-0.2, 0) is 32.8 Å². The van der Waals surface area contributed by atoms with Crippen molar-refractivity contribution >= 4 is 22.3 Å². The minimum Gasteiger partial charge on any atom is -0.489 e. The predicted octanol–water partition coefficient (Wildman–Crippen LogP) is 6.58. The molecule has 4 bridgehead atoms. The van der Waals surface area contributed by atoms with Crippen LogP contribution in [0.4, 0.5) is 0 Å². The zero-order chi connectivity index (χ0) is 35.4. The Morgan fingerprint density at radius 2 is 0.980 bits per heavy atom. The maximum Gasteiger partial charge on any atom is 0.501 e. The molecule has 10 nitrogen and oxygen atoms in total. The van der Waals surface area contributed by atoms with Gasteiger partial charge in [0.1, 0.15) is 47.0 Å². The lowest BCUT2D eigenvalue weighted by Crippen LogP contribution is -2.36. The van der Waals surface area contributed by atoms with Crippen LogP contribution in [0.2, 0.25) is 0 Å². The molecule has 2 aliphatic heterocycles. The van der Waals surface area contributed by atoms with E-state index in [0.29, 0.717) is 44.9 Å². The van der Waals surface area contributed by atoms with Gasteiger partial charge < -0.3 is 28.1 Å². The lowest BCUT2D eigenvalue weighted by molar-refractivity contribution is -0.142. The van der Waals surface area contributed by atoms with Gasteiger partial charge in [-0.25, -0.2) is 0 Å². The van der Waals surface area contributed by atoms with Crippen molar-refractivity contribution in [2.24, 2.45) is 0 Å². The number of ether oxygens (including phenoxy) is 2. The van der Waals surface area contributed by atoms with E-state index in [-0.39, 0.29) is 24.3 Å². The van der Waals surface area contributed by atoms with E-state index >= 15 is 0 Å². The Morgan fingerprint density at radius 3 is 1.35 bits per heavy atom. The SMILES string of the molecule is Cc1ccc2cc1OC(Cc1c(C)ccc(OS(=O)(=O)Oc3ccc(C)c(CC4Oc5cc(ccc5C)C4C(=O)O)c3C)c1C)C2C(=O)O. The number of aryl methyl sites for hydroxylation is 4. The van der Waals surface area contributed by atoms with Gasteiger partial charge in [0, 0.05) is 12.8 Å². The Morgan fingerprint density at radius 1 is 0.612 bits per heavy atom. The third-order valence-electron chi connectivity index (χ3n) is 9.74. The second kappa shape index (κ2) is 12.8. The van der Waals surface area contributed by atoms with Crippen LogP contribution in [0.25, 0.3) is 0 Å². The fraction of sp³-hybridized carbons (Fsp3) is 0.316. The minimum atomic E-state index is -4.65. The fourth-order valence-electron chi connectivity index (χ4n) is 6.88. The molecule has 0 radical (unpaired) electrons. The van der Waals surface area contributed by atoms with Crippen LogP contribution in [0, 0.1) is 41.5 Å². The summed E-state index contributed by atoms with van der Waals surface area (Å²) >= 11 is 0. The molecular weight excluding hydrogens is 648 g/mol. The fourth-order valence-corrected chi connectivity index (χ4v) is 7.71. The molecule has 0 aromatic heterocycles. The van der Waals surface area contributed by atoms with Gasteiger partial charge in [0.25, 0.3) is 0 Å². The summed E-state index contributed by atoms with van der Waals surface area (Å²) in [5.41, 5.74) is 7.17. The number of aliphatic carboxylic acids is 2. The highest BCUT2D eigenvalue weighted by atomic mass is 32.3. The lowest BCUT2D eigenvalue weighted by Gasteiger charge is -2.32. The molecule has 4 aromatic carbocycles. The van der Waals surface area contributed by atoms with Crippen molar-refractivity contribution < 1.29 is 46.1 Å². The molecule has 0 spiro atoms. The first-order valence-corrected chi connectivity index (χ1v) is 17.3. The average Bonchev–Trinajstić information content (AvgIpc) is 3.03. The molecule has 0 saturated heterocycles. The highest BCUT2D eigenvalue weighted by Crippen LogP contribution is 2.40. The number of hydrogen-bond acceptors (Lipinski definition) is 8. The zero-order valence-corrected chi connectivity index (χ0v) is 28.9. The first kappa shape index (κ1) is 33.9. The lowest BCUT2D eigenvalue weighted by atomic mass is 9.85. The molecule has 49 heavy (non-hydrogen) atoms. The molecule has 2 aliphatic rings. The monoisotopic (exact) mass is 686 g/mol. The second-order valence-electron chi connectivity index (χ2n) is 12.9. The average molecular weight is 687 g/mol. The third-order valence-corrected chi connectivity index (χ3v) is 10.5. The molecule has 2 N–H and O–H groups in total. The molecule has 4 atom stereocenters. The number of hydrogen-bond donors (Lipinski definition) is 2. The molecule has 4 unspecified atom stereocenters. The van der Waals surface area contributed by atoms with Gasteiger partial charge in [-0.3, -0.25) is 9.59 Å². The maximum absolute atomic E-state index is 13.4. The second-order valence-corrected chi connectivity index (χ2v) is 14.1. The third kappa shape index (κ3) is 6.55. The Balaban J connectivity index is 1.23. The molecule has 11 heteroatoms. The Labute approximate surface area is 285 Å². The van der Waals surface area contributed by atoms with Crippen LogP contribution in [0.1, 0.15) is 67.5 Å². The van der Waals surface area contributed by atoms with Crippen molar-refractivity contribution in [2.45, 2.75) is 78.4 Å². The quantitative estimate of drug-likeness (QED) is 0.188. The van der Waals surface area contributed by atoms with Crippen molar-refractivity contribution in [2.75, 3.05) is 0 Å². The highest BCUT2D eigenvalue weighted by molar-refractivity contribution is 7.82. The van der Waals surface area contributed by atoms with Crippen molar-refractivity contribution in [1.29, 1.82) is 0 Å². The number of carboxylic acids is 2. The molecular formula is C38H38O10S. The summed E-state index contributed by atoms with van der Waals surface area (Å²) < 4.78 is 50.1. The van der Waals surface area contributed by atoms with Gasteiger partial charge in [0.15, 0.2) is 0 Å². The first-order valence-electron chi connectivity index (χ1n) is 16.0. The summed E-state index contributed by atoms with van der Waals surface area (Å²) in [4.78, 5) is 24.6. The predicted molar refractivity (Wildman–Crippen MR) is 181 cm³/mol. The van der Waals surface area contributed by atoms with Crippen molar-refractivity contribution in [3.63, 3.8) is 0 Å². The number of rotatable bonds is 10. The summed E-state index contributed by atoms with van der Waals surface area (Å²) in [7, 11) is -4.65. The summed E-state index contributed by atoms with van der Waals surface area (Å²) in [6, 6.07) is 17.2. The van der Waals surface area contributed by atoms with Crippen molar-refractivity contribution in [1.82, 2.24) is 0 Å². The van der Waals surface area contributed by atoms with Gasteiger partial charge in [-0.05, 0) is 121 Å². The van der Waals surface area contributed by atoms with Gasteiger partial charge in [-0.15, -0.1) is 8.42 Å². The summed E-state index contributed by atoms with van der Waals surface area (Å²) in [6.07, 6.45) is -1.03. The topological polar surface area (TPSA) is 146 Å². The molecule has 0 amide bonds. The standard InChI is InChI=1S/C38H38O10S/c1-19-9-13-29(23(5)27(19)17-33-35(37(39)40)25-11-7-21(3)31(15-25)45-33)47-49(43,44)48-30-14-10-20(2)28(24(30)6)18-34-36(38(41)42)26-12-8-22(4)32(16-26)46-34/h7-16,33-36H,17-18H2,1-6H3,(H,39,40)(H,41,42). The molecule has 256 valence electrons. The number of carbonyl (C=O) groups is 2. The molecule has 0 saturated carbocycles. The largest absolute Gasteiger partial charge is 0.501 e. The van der Waals surface area contributed by atoms with Crippen LogP contribution in [-0.4, -0.2) is 42.8 Å². The molecule has 4 aromatic rings. The van der Waals surface area contributed by atoms with E-state index in [2.05, 4.69) is 0 Å². The van der Waals surface area contributed by atoms with E-state index in [1.807, 2.05) is 39.8 Å². The smallest absolute Gasteiger partial charge is 0.489 e. The van der Waals surface area contributed by atoms with E-state index in [4.69, 9.17) is 17.8 Å². The van der Waals surface area contributed by atoms with Crippen LogP contribution in [0.3, 0.4) is 0 Å². The van der Waals surface area contributed by atoms with E-state index in [9.17, 15) is 28.2 Å². The Kier molecular flexibility index (Phi) is 8.83. The van der Waals surface area contributed by atoms with Gasteiger partial charge in [-0.1, -0.05) is 36.4 Å². The summed E-state index contributed by atoms with van der Waals surface area (Å²) in [5.74, 6) is -2.51. The Bertz CT molecular complexity index is 1960. The number of carboxylic acid groups (broad SMARTS) is 2. The van der Waals surface area contributed by atoms with Gasteiger partial charge in [0.05, 0.1) is 0 Å². The van der Waals surface area contributed by atoms with Gasteiger partial charge in [0.2, 0.25) is 0 Å². The van der Waals surface area contributed by atoms with Crippen LogP contribution < -0.4 is 17.8 Å². The summed E-state index contributed by atoms with van der Waals surface area (Å²) in [5, 5.41) is 20.1.